The highest BCUT2D eigenvalue weighted by atomic mass is 16.4. The summed E-state index contributed by atoms with van der Waals surface area (Å²) in [5.41, 5.74) is 7.97. The Morgan fingerprint density at radius 3 is 2.22 bits per heavy atom. The molecule has 1 unspecified atom stereocenters. The minimum Gasteiger partial charge on any atom is -0.480 e. The summed E-state index contributed by atoms with van der Waals surface area (Å²) >= 11 is 0. The first-order valence-electron chi connectivity index (χ1n) is 10.1. The highest BCUT2D eigenvalue weighted by molar-refractivity contribution is 6.40. The number of rotatable bonds is 8. The van der Waals surface area contributed by atoms with Gasteiger partial charge in [-0.3, -0.25) is 9.69 Å². The number of carbonyl (C=O) groups is 1. The van der Waals surface area contributed by atoms with Gasteiger partial charge >= 0.3 is 13.1 Å². The van der Waals surface area contributed by atoms with Gasteiger partial charge in [0.05, 0.1) is 0 Å². The molecule has 1 heterocycles. The van der Waals surface area contributed by atoms with E-state index in [0.717, 1.165) is 38.8 Å². The van der Waals surface area contributed by atoms with Gasteiger partial charge in [0.1, 0.15) is 5.54 Å². The Hall–Kier alpha value is -1.41. The summed E-state index contributed by atoms with van der Waals surface area (Å²) in [6, 6.07) is 9.06. The lowest BCUT2D eigenvalue weighted by Gasteiger charge is -2.41. The fraction of sp³-hybridized carbons (Fsp3) is 0.650. The van der Waals surface area contributed by atoms with Gasteiger partial charge in [0.15, 0.2) is 0 Å². The molecule has 3 rings (SSSR count). The summed E-state index contributed by atoms with van der Waals surface area (Å²) in [6.07, 6.45) is 5.47. The predicted molar refractivity (Wildman–Crippen MR) is 105 cm³/mol. The number of unbranched alkanes of at least 4 members (excludes halogenated alkanes) is 1. The Morgan fingerprint density at radius 1 is 1.11 bits per heavy atom. The molecule has 148 valence electrons. The number of carboxylic acids is 1. The highest BCUT2D eigenvalue weighted by Crippen LogP contribution is 2.38. The van der Waals surface area contributed by atoms with Gasteiger partial charge in [0, 0.05) is 19.1 Å². The molecule has 5 N–H and O–H groups in total. The summed E-state index contributed by atoms with van der Waals surface area (Å²) in [5, 5.41) is 27.6. The molecule has 1 saturated carbocycles. The summed E-state index contributed by atoms with van der Waals surface area (Å²) in [6.45, 7) is 1.98. The zero-order valence-electron chi connectivity index (χ0n) is 15.9. The Bertz CT molecular complexity index is 624. The van der Waals surface area contributed by atoms with Crippen molar-refractivity contribution in [1.82, 2.24) is 4.90 Å². The monoisotopic (exact) mass is 374 g/mol. The van der Waals surface area contributed by atoms with Crippen molar-refractivity contribution in [3.05, 3.63) is 35.4 Å². The van der Waals surface area contributed by atoms with Crippen LogP contribution in [0.1, 0.15) is 56.1 Å². The van der Waals surface area contributed by atoms with Crippen LogP contribution in [0, 0.1) is 5.92 Å². The second-order valence-corrected chi connectivity index (χ2v) is 8.25. The molecule has 6 nitrogen and oxygen atoms in total. The van der Waals surface area contributed by atoms with Crippen molar-refractivity contribution in [1.29, 1.82) is 0 Å². The molecular weight excluding hydrogens is 343 g/mol. The molecule has 2 aliphatic rings. The van der Waals surface area contributed by atoms with E-state index in [1.165, 1.54) is 11.1 Å². The molecule has 0 spiro atoms. The van der Waals surface area contributed by atoms with Crippen LogP contribution in [0.5, 0.6) is 0 Å². The molecule has 1 aliphatic carbocycles. The van der Waals surface area contributed by atoms with Crippen LogP contribution in [0.3, 0.4) is 0 Å². The molecule has 0 bridgehead atoms. The summed E-state index contributed by atoms with van der Waals surface area (Å²) < 4.78 is 0. The minimum atomic E-state index is -1.33. The molecule has 1 aromatic carbocycles. The van der Waals surface area contributed by atoms with E-state index in [9.17, 15) is 9.90 Å². The molecule has 1 atom stereocenters. The fourth-order valence-corrected chi connectivity index (χ4v) is 4.80. The SMILES string of the molecule is NC(CCCCB(O)O)(C(=O)O)C1CCC(N2Cc3ccccc3C2)CC1. The Labute approximate surface area is 161 Å². The molecule has 1 aromatic rings. The van der Waals surface area contributed by atoms with Crippen LogP contribution in [0.4, 0.5) is 0 Å². The first-order chi connectivity index (χ1) is 12.9. The van der Waals surface area contributed by atoms with Gasteiger partial charge in [0.2, 0.25) is 0 Å². The molecule has 7 heteroatoms. The van der Waals surface area contributed by atoms with E-state index in [1.807, 2.05) is 0 Å². The molecule has 1 aliphatic heterocycles. The quantitative estimate of drug-likeness (QED) is 0.410. The van der Waals surface area contributed by atoms with Gasteiger partial charge in [-0.05, 0) is 55.5 Å². The second kappa shape index (κ2) is 8.73. The first-order valence-corrected chi connectivity index (χ1v) is 10.1. The van der Waals surface area contributed by atoms with Crippen molar-refractivity contribution < 1.29 is 19.9 Å². The lowest BCUT2D eigenvalue weighted by molar-refractivity contribution is -0.147. The lowest BCUT2D eigenvalue weighted by atomic mass is 9.71. The Kier molecular flexibility index (Phi) is 6.58. The average Bonchev–Trinajstić information content (AvgIpc) is 3.09. The maximum Gasteiger partial charge on any atom is 0.451 e. The number of hydrogen-bond donors (Lipinski definition) is 4. The third-order valence-electron chi connectivity index (χ3n) is 6.51. The summed E-state index contributed by atoms with van der Waals surface area (Å²) in [5.74, 6) is -0.945. The number of aliphatic carboxylic acids is 1. The van der Waals surface area contributed by atoms with E-state index >= 15 is 0 Å². The summed E-state index contributed by atoms with van der Waals surface area (Å²) in [4.78, 5) is 14.4. The van der Waals surface area contributed by atoms with Gasteiger partial charge in [0.25, 0.3) is 0 Å². The van der Waals surface area contributed by atoms with Crippen molar-refractivity contribution in [2.75, 3.05) is 0 Å². The van der Waals surface area contributed by atoms with Crippen LogP contribution in [0.15, 0.2) is 24.3 Å². The van der Waals surface area contributed by atoms with E-state index in [2.05, 4.69) is 29.2 Å². The van der Waals surface area contributed by atoms with Crippen molar-refractivity contribution in [3.8, 4) is 0 Å². The molecule has 0 amide bonds. The second-order valence-electron chi connectivity index (χ2n) is 8.25. The van der Waals surface area contributed by atoms with E-state index in [4.69, 9.17) is 15.8 Å². The number of hydrogen-bond acceptors (Lipinski definition) is 5. The topological polar surface area (TPSA) is 107 Å². The number of nitrogens with two attached hydrogens (primary N) is 1. The zero-order chi connectivity index (χ0) is 19.4. The van der Waals surface area contributed by atoms with E-state index in [-0.39, 0.29) is 12.2 Å². The van der Waals surface area contributed by atoms with E-state index in [1.54, 1.807) is 0 Å². The molecular formula is C20H31BN2O4. The Morgan fingerprint density at radius 2 is 1.70 bits per heavy atom. The van der Waals surface area contributed by atoms with Crippen LogP contribution < -0.4 is 5.73 Å². The maximum absolute atomic E-state index is 11.9. The van der Waals surface area contributed by atoms with Crippen LogP contribution in [-0.2, 0) is 17.9 Å². The van der Waals surface area contributed by atoms with Gasteiger partial charge in [-0.15, -0.1) is 0 Å². The normalized spacial score (nSPS) is 25.0. The number of fused-ring (bicyclic) bond motifs is 1. The van der Waals surface area contributed by atoms with Gasteiger partial charge in [-0.2, -0.15) is 0 Å². The summed E-state index contributed by atoms with van der Waals surface area (Å²) in [7, 11) is -1.33. The van der Waals surface area contributed by atoms with Gasteiger partial charge < -0.3 is 20.9 Å². The number of carboxylic acid groups (broad SMARTS) is 1. The van der Waals surface area contributed by atoms with Crippen molar-refractivity contribution in [2.45, 2.75) is 75.9 Å². The van der Waals surface area contributed by atoms with E-state index in [0.29, 0.717) is 25.3 Å². The number of benzene rings is 1. The lowest BCUT2D eigenvalue weighted by Crippen LogP contribution is -2.55. The third-order valence-corrected chi connectivity index (χ3v) is 6.51. The Balaban J connectivity index is 1.53. The molecule has 0 aromatic heterocycles. The average molecular weight is 374 g/mol. The maximum atomic E-state index is 11.9. The predicted octanol–water partition coefficient (Wildman–Crippen LogP) is 1.99. The van der Waals surface area contributed by atoms with Crippen molar-refractivity contribution in [3.63, 3.8) is 0 Å². The molecule has 0 saturated heterocycles. The van der Waals surface area contributed by atoms with Crippen LogP contribution in [0.25, 0.3) is 0 Å². The molecule has 27 heavy (non-hydrogen) atoms. The molecule has 1 fully saturated rings. The first kappa shape index (κ1) is 20.3. The zero-order valence-corrected chi connectivity index (χ0v) is 15.9. The number of nitrogens with zero attached hydrogens (tertiary/aromatic N) is 1. The largest absolute Gasteiger partial charge is 0.480 e. The van der Waals surface area contributed by atoms with Crippen molar-refractivity contribution in [2.24, 2.45) is 11.7 Å². The molecule has 0 radical (unpaired) electrons. The van der Waals surface area contributed by atoms with Crippen LogP contribution in [0.2, 0.25) is 6.32 Å². The van der Waals surface area contributed by atoms with Crippen LogP contribution >= 0.6 is 0 Å². The standard InChI is InChI=1S/C20H31BN2O4/c22-20(19(24)25,11-3-4-12-21(26)27)17-7-9-18(10-8-17)23-13-15-5-1-2-6-16(15)14-23/h1-2,5-6,17-18,26-27H,3-4,7-14,22H2,(H,24,25). The third kappa shape index (κ3) is 4.72. The van der Waals surface area contributed by atoms with Crippen LogP contribution in [-0.4, -0.2) is 44.7 Å². The van der Waals surface area contributed by atoms with Gasteiger partial charge in [-0.25, -0.2) is 0 Å². The highest BCUT2D eigenvalue weighted by Gasteiger charge is 2.44. The van der Waals surface area contributed by atoms with E-state index < -0.39 is 18.6 Å². The fourth-order valence-electron chi connectivity index (χ4n) is 4.80. The van der Waals surface area contributed by atoms with Gasteiger partial charge in [-0.1, -0.05) is 37.1 Å². The minimum absolute atomic E-state index is 0.0183. The smallest absolute Gasteiger partial charge is 0.451 e. The van der Waals surface area contributed by atoms with Crippen molar-refractivity contribution >= 4 is 13.1 Å².